The molecular formula is C28H30FNO3. The lowest BCUT2D eigenvalue weighted by Gasteiger charge is -2.11. The summed E-state index contributed by atoms with van der Waals surface area (Å²) >= 11 is 0. The molecule has 4 nitrogen and oxygen atoms in total. The third-order valence-corrected chi connectivity index (χ3v) is 5.05. The van der Waals surface area contributed by atoms with E-state index in [-0.39, 0.29) is 23.5 Å². The minimum absolute atomic E-state index is 0.162. The highest BCUT2D eigenvalue weighted by molar-refractivity contribution is 6.55. The van der Waals surface area contributed by atoms with E-state index in [1.807, 2.05) is 31.2 Å². The Bertz CT molecular complexity index is 1090. The molecule has 2 aromatic rings. The van der Waals surface area contributed by atoms with Crippen LogP contribution in [0, 0.1) is 24.6 Å². The Hall–Kier alpha value is -3.52. The number of carbonyl (C=O) groups excluding carboxylic acids is 2. The summed E-state index contributed by atoms with van der Waals surface area (Å²) in [5, 5.41) is 3.92. The van der Waals surface area contributed by atoms with Gasteiger partial charge >= 0.3 is 5.97 Å². The topological polar surface area (TPSA) is 55.7 Å². The van der Waals surface area contributed by atoms with Crippen molar-refractivity contribution < 1.29 is 18.8 Å². The van der Waals surface area contributed by atoms with Gasteiger partial charge < -0.3 is 4.84 Å². The molecule has 0 aliphatic heterocycles. The number of halogens is 1. The molecule has 0 aliphatic rings. The van der Waals surface area contributed by atoms with Crippen LogP contribution in [0.25, 0.3) is 5.57 Å². The van der Waals surface area contributed by atoms with Gasteiger partial charge in [0.1, 0.15) is 11.5 Å². The number of ketones is 1. The lowest BCUT2D eigenvalue weighted by Crippen LogP contribution is -2.18. The Morgan fingerprint density at radius 1 is 1.03 bits per heavy atom. The van der Waals surface area contributed by atoms with Crippen molar-refractivity contribution in [2.75, 3.05) is 0 Å². The van der Waals surface area contributed by atoms with Crippen molar-refractivity contribution in [3.05, 3.63) is 77.1 Å². The van der Waals surface area contributed by atoms with Gasteiger partial charge in [-0.1, -0.05) is 86.5 Å². The molecule has 2 rings (SSSR count). The van der Waals surface area contributed by atoms with Crippen LogP contribution in [0.15, 0.2) is 59.8 Å². The number of unbranched alkanes of at least 4 members (excludes halogenated alkanes) is 3. The number of hydrogen-bond donors (Lipinski definition) is 0. The smallest absolute Gasteiger partial charge is 0.318 e. The molecule has 0 fully saturated rings. The molecule has 33 heavy (non-hydrogen) atoms. The molecule has 172 valence electrons. The molecule has 0 radical (unpaired) electrons. The number of rotatable bonds is 10. The summed E-state index contributed by atoms with van der Waals surface area (Å²) in [4.78, 5) is 30.1. The molecule has 2 aromatic carbocycles. The van der Waals surface area contributed by atoms with E-state index in [2.05, 4.69) is 23.9 Å². The van der Waals surface area contributed by atoms with E-state index < -0.39 is 11.8 Å². The fraction of sp³-hybridized carbons (Fsp3) is 0.321. The normalized spacial score (nSPS) is 11.5. The van der Waals surface area contributed by atoms with Crippen LogP contribution in [0.5, 0.6) is 0 Å². The van der Waals surface area contributed by atoms with Crippen LogP contribution < -0.4 is 0 Å². The van der Waals surface area contributed by atoms with E-state index in [0.717, 1.165) is 31.2 Å². The zero-order chi connectivity index (χ0) is 24.1. The molecule has 0 unspecified atom stereocenters. The highest BCUT2D eigenvalue weighted by atomic mass is 19.1. The molecule has 0 aromatic heterocycles. The summed E-state index contributed by atoms with van der Waals surface area (Å²) in [5.74, 6) is 4.30. The van der Waals surface area contributed by atoms with Gasteiger partial charge in [-0.15, -0.1) is 0 Å². The summed E-state index contributed by atoms with van der Waals surface area (Å²) in [7, 11) is 0. The Balaban J connectivity index is 2.46. The predicted molar refractivity (Wildman–Crippen MR) is 130 cm³/mol. The van der Waals surface area contributed by atoms with Crippen LogP contribution in [-0.2, 0) is 14.4 Å². The largest absolute Gasteiger partial charge is 0.334 e. The maximum absolute atomic E-state index is 13.9. The first-order valence-electron chi connectivity index (χ1n) is 11.3. The van der Waals surface area contributed by atoms with Gasteiger partial charge in [-0.05, 0) is 43.0 Å². The van der Waals surface area contributed by atoms with Gasteiger partial charge in [0.2, 0.25) is 5.78 Å². The molecular weight excluding hydrogens is 417 g/mol. The molecule has 5 heteroatoms. The lowest BCUT2D eigenvalue weighted by atomic mass is 9.93. The van der Waals surface area contributed by atoms with Gasteiger partial charge in [0.25, 0.3) is 0 Å². The SMILES string of the molecule is CCCCCC/C(=N\OC(=O)CC)C(=O)/C(=C/C#Cc1ccccc1F)c1ccccc1C. The molecule has 0 bridgehead atoms. The summed E-state index contributed by atoms with van der Waals surface area (Å²) in [6.45, 7) is 5.67. The van der Waals surface area contributed by atoms with E-state index in [9.17, 15) is 14.0 Å². The summed E-state index contributed by atoms with van der Waals surface area (Å²) < 4.78 is 13.9. The Morgan fingerprint density at radius 3 is 2.45 bits per heavy atom. The molecule has 0 saturated heterocycles. The number of allylic oxidation sites excluding steroid dienone is 2. The van der Waals surface area contributed by atoms with Crippen LogP contribution in [0.3, 0.4) is 0 Å². The van der Waals surface area contributed by atoms with Crippen LogP contribution in [0.4, 0.5) is 4.39 Å². The van der Waals surface area contributed by atoms with Gasteiger partial charge in [0, 0.05) is 18.1 Å². The zero-order valence-electron chi connectivity index (χ0n) is 19.5. The third-order valence-electron chi connectivity index (χ3n) is 5.05. The first kappa shape index (κ1) is 25.7. The highest BCUT2D eigenvalue weighted by Crippen LogP contribution is 2.22. The average Bonchev–Trinajstić information content (AvgIpc) is 2.82. The van der Waals surface area contributed by atoms with Gasteiger partial charge in [-0.2, -0.15) is 0 Å². The van der Waals surface area contributed by atoms with Gasteiger partial charge in [-0.25, -0.2) is 9.18 Å². The Labute approximate surface area is 195 Å². The maximum Gasteiger partial charge on any atom is 0.334 e. The van der Waals surface area contributed by atoms with Crippen LogP contribution in [0.2, 0.25) is 0 Å². The van der Waals surface area contributed by atoms with Gasteiger partial charge in [0.15, 0.2) is 0 Å². The van der Waals surface area contributed by atoms with E-state index in [4.69, 9.17) is 4.84 Å². The summed E-state index contributed by atoms with van der Waals surface area (Å²) in [6.07, 6.45) is 5.84. The molecule has 0 amide bonds. The highest BCUT2D eigenvalue weighted by Gasteiger charge is 2.20. The second-order valence-electron chi connectivity index (χ2n) is 7.62. The Kier molecular flexibility index (Phi) is 10.8. The number of nitrogens with zero attached hydrogens (tertiary/aromatic N) is 1. The van der Waals surface area contributed by atoms with E-state index in [1.54, 1.807) is 25.1 Å². The third kappa shape index (κ3) is 8.16. The number of oxime groups is 1. The maximum atomic E-state index is 13.9. The van der Waals surface area contributed by atoms with Crippen molar-refractivity contribution >= 4 is 23.0 Å². The van der Waals surface area contributed by atoms with Crippen LogP contribution in [-0.4, -0.2) is 17.5 Å². The zero-order valence-corrected chi connectivity index (χ0v) is 19.5. The van der Waals surface area contributed by atoms with Crippen molar-refractivity contribution in [2.45, 2.75) is 59.3 Å². The van der Waals surface area contributed by atoms with E-state index in [0.29, 0.717) is 17.6 Å². The fourth-order valence-corrected chi connectivity index (χ4v) is 3.14. The minimum atomic E-state index is -0.505. The molecule has 0 N–H and O–H groups in total. The van der Waals surface area contributed by atoms with Crippen molar-refractivity contribution in [2.24, 2.45) is 5.16 Å². The number of aryl methyl sites for hydroxylation is 1. The van der Waals surface area contributed by atoms with E-state index >= 15 is 0 Å². The van der Waals surface area contributed by atoms with Crippen molar-refractivity contribution in [1.82, 2.24) is 0 Å². The second-order valence-corrected chi connectivity index (χ2v) is 7.62. The van der Waals surface area contributed by atoms with Crippen molar-refractivity contribution in [1.29, 1.82) is 0 Å². The molecule has 0 heterocycles. The van der Waals surface area contributed by atoms with E-state index in [1.165, 1.54) is 12.1 Å². The van der Waals surface area contributed by atoms with Crippen molar-refractivity contribution in [3.63, 3.8) is 0 Å². The number of Topliss-reactive ketones (excluding diaryl/α,β-unsaturated/α-hetero) is 1. The monoisotopic (exact) mass is 447 g/mol. The summed E-state index contributed by atoms with van der Waals surface area (Å²) in [5.41, 5.74) is 2.35. The number of hydrogen-bond acceptors (Lipinski definition) is 4. The van der Waals surface area contributed by atoms with Crippen molar-refractivity contribution in [3.8, 4) is 11.8 Å². The standard InChI is InChI=1S/C28H30FNO3/c1-4-6-7-8-20-26(30-33-27(31)5-2)28(32)24(23-17-11-9-14-21(23)3)18-13-16-22-15-10-12-19-25(22)29/h9-12,14-15,17-19H,4-8,20H2,1-3H3/b24-18+,30-26+. The Morgan fingerprint density at radius 2 is 1.76 bits per heavy atom. The molecule has 0 saturated carbocycles. The predicted octanol–water partition coefficient (Wildman–Crippen LogP) is 6.42. The average molecular weight is 448 g/mol. The lowest BCUT2D eigenvalue weighted by molar-refractivity contribution is -0.143. The van der Waals surface area contributed by atoms with Gasteiger partial charge in [0.05, 0.1) is 5.56 Å². The second kappa shape index (κ2) is 13.8. The first-order chi connectivity index (χ1) is 16.0. The molecule has 0 atom stereocenters. The van der Waals surface area contributed by atoms with Crippen LogP contribution >= 0.6 is 0 Å². The number of carbonyl (C=O) groups is 2. The fourth-order valence-electron chi connectivity index (χ4n) is 3.14. The quantitative estimate of drug-likeness (QED) is 0.105. The first-order valence-corrected chi connectivity index (χ1v) is 11.3. The van der Waals surface area contributed by atoms with Gasteiger partial charge in [-0.3, -0.25) is 4.79 Å². The van der Waals surface area contributed by atoms with Crippen LogP contribution in [0.1, 0.15) is 69.1 Å². The summed E-state index contributed by atoms with van der Waals surface area (Å²) in [6, 6.07) is 13.7. The molecule has 0 aliphatic carbocycles. The number of benzene rings is 2. The minimum Gasteiger partial charge on any atom is -0.318 e. The molecule has 0 spiro atoms.